The summed E-state index contributed by atoms with van der Waals surface area (Å²) in [5, 5.41) is 10.7. The van der Waals surface area contributed by atoms with Gasteiger partial charge in [0.1, 0.15) is 0 Å². The number of sulfone groups is 1. The van der Waals surface area contributed by atoms with E-state index in [0.717, 1.165) is 6.07 Å². The first-order valence-electron chi connectivity index (χ1n) is 8.68. The van der Waals surface area contributed by atoms with Gasteiger partial charge in [0.15, 0.2) is 27.3 Å². The molecule has 10 heteroatoms. The summed E-state index contributed by atoms with van der Waals surface area (Å²) in [6, 6.07) is 4.78. The van der Waals surface area contributed by atoms with E-state index in [2.05, 4.69) is 5.32 Å². The maximum atomic E-state index is 13.3. The average Bonchev–Trinajstić information content (AvgIpc) is 2.63. The van der Waals surface area contributed by atoms with Crippen LogP contribution in [0.25, 0.3) is 0 Å². The van der Waals surface area contributed by atoms with Crippen molar-refractivity contribution in [1.82, 2.24) is 0 Å². The number of hydrogen-bond donors (Lipinski definition) is 2. The van der Waals surface area contributed by atoms with Gasteiger partial charge < -0.3 is 10.4 Å². The number of amides is 1. The first-order valence-corrected chi connectivity index (χ1v) is 10.6. The predicted octanol–water partition coefficient (Wildman–Crippen LogP) is 3.94. The largest absolute Gasteiger partial charge is 0.393 e. The molecule has 0 saturated heterocycles. The molecular formula is C19H17ClF3NO4S. The van der Waals surface area contributed by atoms with Gasteiger partial charge in [0, 0.05) is 23.4 Å². The minimum absolute atomic E-state index is 0.0767. The average molecular weight is 448 g/mol. The van der Waals surface area contributed by atoms with Crippen molar-refractivity contribution in [3.05, 3.63) is 58.4 Å². The van der Waals surface area contributed by atoms with Gasteiger partial charge in [-0.15, -0.1) is 0 Å². The summed E-state index contributed by atoms with van der Waals surface area (Å²) in [5.41, 5.74) is -0.443. The Kier molecular flexibility index (Phi) is 5.93. The van der Waals surface area contributed by atoms with Crippen molar-refractivity contribution in [2.45, 2.75) is 36.0 Å². The van der Waals surface area contributed by atoms with Crippen LogP contribution >= 0.6 is 11.6 Å². The lowest BCUT2D eigenvalue weighted by molar-refractivity contribution is 0.0428. The summed E-state index contributed by atoms with van der Waals surface area (Å²) in [6.07, 6.45) is 0.196. The molecule has 0 bridgehead atoms. The van der Waals surface area contributed by atoms with Crippen molar-refractivity contribution in [3.63, 3.8) is 0 Å². The molecule has 0 aliphatic heterocycles. The first kappa shape index (κ1) is 21.6. The Morgan fingerprint density at radius 2 is 1.76 bits per heavy atom. The minimum Gasteiger partial charge on any atom is -0.393 e. The van der Waals surface area contributed by atoms with Gasteiger partial charge in [-0.25, -0.2) is 21.6 Å². The summed E-state index contributed by atoms with van der Waals surface area (Å²) in [7, 11) is -3.89. The SMILES string of the molecule is C[C@@H]([C@H]1C[C@@H](O)C1)S(=O)(=O)c1cc(C(=O)Nc2cc(F)c(F)c(F)c2)ccc1Cl. The van der Waals surface area contributed by atoms with Gasteiger partial charge in [-0.3, -0.25) is 4.79 Å². The molecule has 2 N–H and O–H groups in total. The number of carbonyl (C=O) groups is 1. The fourth-order valence-electron chi connectivity index (χ4n) is 3.16. The van der Waals surface area contributed by atoms with Gasteiger partial charge in [0.25, 0.3) is 5.91 Å². The topological polar surface area (TPSA) is 83.5 Å². The molecule has 2 aromatic carbocycles. The van der Waals surface area contributed by atoms with E-state index in [1.54, 1.807) is 0 Å². The van der Waals surface area contributed by atoms with Crippen molar-refractivity contribution in [3.8, 4) is 0 Å². The predicted molar refractivity (Wildman–Crippen MR) is 101 cm³/mol. The van der Waals surface area contributed by atoms with E-state index in [9.17, 15) is 31.5 Å². The van der Waals surface area contributed by atoms with Gasteiger partial charge in [-0.05, 0) is 43.9 Å². The zero-order chi connectivity index (χ0) is 21.5. The second kappa shape index (κ2) is 7.97. The van der Waals surface area contributed by atoms with Gasteiger partial charge in [0.2, 0.25) is 0 Å². The fourth-order valence-corrected chi connectivity index (χ4v) is 5.36. The number of benzene rings is 2. The molecule has 1 amide bonds. The Hall–Kier alpha value is -2.10. The number of carbonyl (C=O) groups excluding carboxylic acids is 1. The maximum Gasteiger partial charge on any atom is 0.255 e. The van der Waals surface area contributed by atoms with Crippen LogP contribution in [0.3, 0.4) is 0 Å². The number of aliphatic hydroxyl groups excluding tert-OH is 1. The van der Waals surface area contributed by atoms with Crippen LogP contribution in [0.2, 0.25) is 5.02 Å². The van der Waals surface area contributed by atoms with Gasteiger partial charge in [-0.2, -0.15) is 0 Å². The molecule has 3 rings (SSSR count). The van der Waals surface area contributed by atoms with E-state index >= 15 is 0 Å². The van der Waals surface area contributed by atoms with Crippen LogP contribution < -0.4 is 5.32 Å². The summed E-state index contributed by atoms with van der Waals surface area (Å²) < 4.78 is 65.5. The van der Waals surface area contributed by atoms with E-state index in [-0.39, 0.29) is 27.1 Å². The number of hydrogen-bond acceptors (Lipinski definition) is 4. The van der Waals surface area contributed by atoms with Crippen molar-refractivity contribution in [2.24, 2.45) is 5.92 Å². The Labute approximate surface area is 170 Å². The van der Waals surface area contributed by atoms with E-state index in [4.69, 9.17) is 11.6 Å². The van der Waals surface area contributed by atoms with E-state index < -0.39 is 44.5 Å². The lowest BCUT2D eigenvalue weighted by Gasteiger charge is -2.35. The van der Waals surface area contributed by atoms with Crippen molar-refractivity contribution in [2.75, 3.05) is 5.32 Å². The monoisotopic (exact) mass is 447 g/mol. The highest BCUT2D eigenvalue weighted by Gasteiger charge is 2.39. The number of rotatable bonds is 5. The second-order valence-electron chi connectivity index (χ2n) is 6.99. The molecule has 0 unspecified atom stereocenters. The second-order valence-corrected chi connectivity index (χ2v) is 9.67. The van der Waals surface area contributed by atoms with Crippen molar-refractivity contribution >= 4 is 33.0 Å². The zero-order valence-electron chi connectivity index (χ0n) is 15.1. The number of halogens is 4. The Balaban J connectivity index is 1.87. The molecule has 5 nitrogen and oxygen atoms in total. The molecule has 156 valence electrons. The van der Waals surface area contributed by atoms with Crippen LogP contribution in [0.1, 0.15) is 30.1 Å². The van der Waals surface area contributed by atoms with E-state index in [1.807, 2.05) is 0 Å². The third kappa shape index (κ3) is 4.26. The molecule has 0 aromatic heterocycles. The molecule has 0 spiro atoms. The molecule has 1 fully saturated rings. The molecule has 0 radical (unpaired) electrons. The number of aliphatic hydroxyl groups is 1. The molecule has 1 aliphatic carbocycles. The smallest absolute Gasteiger partial charge is 0.255 e. The first-order chi connectivity index (χ1) is 13.5. The molecule has 1 aliphatic rings. The summed E-state index contributed by atoms with van der Waals surface area (Å²) >= 11 is 6.04. The van der Waals surface area contributed by atoms with Crippen LogP contribution in [0, 0.1) is 23.4 Å². The lowest BCUT2D eigenvalue weighted by atomic mass is 9.80. The molecule has 2 aromatic rings. The van der Waals surface area contributed by atoms with Crippen LogP contribution in [-0.2, 0) is 9.84 Å². The highest BCUT2D eigenvalue weighted by atomic mass is 35.5. The lowest BCUT2D eigenvalue weighted by Crippen LogP contribution is -2.39. The standard InChI is InChI=1S/C19H17ClF3NO4S/c1-9(11-4-13(25)5-11)29(27,28)17-6-10(2-3-14(17)20)19(26)24-12-7-15(21)18(23)16(22)8-12/h2-3,6-9,11,13,25H,4-5H2,1H3,(H,24,26)/t9-,11-,13+/m0/s1. The van der Waals surface area contributed by atoms with Gasteiger partial charge in [0.05, 0.1) is 21.3 Å². The summed E-state index contributed by atoms with van der Waals surface area (Å²) in [5.74, 6) is -5.70. The van der Waals surface area contributed by atoms with Crippen LogP contribution in [0.5, 0.6) is 0 Å². The van der Waals surface area contributed by atoms with Crippen LogP contribution in [0.15, 0.2) is 35.2 Å². The van der Waals surface area contributed by atoms with Crippen molar-refractivity contribution in [1.29, 1.82) is 0 Å². The maximum absolute atomic E-state index is 13.3. The molecule has 1 atom stereocenters. The quantitative estimate of drug-likeness (QED) is 0.680. The molecule has 0 heterocycles. The number of anilines is 1. The van der Waals surface area contributed by atoms with Crippen LogP contribution in [-0.4, -0.2) is 30.8 Å². The normalized spacial score (nSPS) is 20.1. The zero-order valence-corrected chi connectivity index (χ0v) is 16.7. The van der Waals surface area contributed by atoms with E-state index in [1.165, 1.54) is 19.1 Å². The third-order valence-corrected chi connectivity index (χ3v) is 7.80. The Morgan fingerprint density at radius 3 is 2.31 bits per heavy atom. The third-order valence-electron chi connectivity index (χ3n) is 5.04. The highest BCUT2D eigenvalue weighted by molar-refractivity contribution is 7.92. The van der Waals surface area contributed by atoms with Crippen molar-refractivity contribution < 1.29 is 31.5 Å². The molecule has 1 saturated carbocycles. The highest BCUT2D eigenvalue weighted by Crippen LogP contribution is 2.37. The minimum atomic E-state index is -3.89. The Bertz CT molecular complexity index is 1050. The summed E-state index contributed by atoms with van der Waals surface area (Å²) in [6.45, 7) is 1.51. The van der Waals surface area contributed by atoms with Crippen LogP contribution in [0.4, 0.5) is 18.9 Å². The molecule has 29 heavy (non-hydrogen) atoms. The number of nitrogens with one attached hydrogen (secondary N) is 1. The van der Waals surface area contributed by atoms with Gasteiger partial charge in [-0.1, -0.05) is 11.6 Å². The molecular weight excluding hydrogens is 431 g/mol. The van der Waals surface area contributed by atoms with E-state index in [0.29, 0.717) is 25.0 Å². The summed E-state index contributed by atoms with van der Waals surface area (Å²) in [4.78, 5) is 12.2. The Morgan fingerprint density at radius 1 is 1.17 bits per heavy atom. The van der Waals surface area contributed by atoms with Gasteiger partial charge >= 0.3 is 0 Å². The fraction of sp³-hybridized carbons (Fsp3) is 0.316.